The van der Waals surface area contributed by atoms with Gasteiger partial charge in [0, 0.05) is 17.7 Å². The van der Waals surface area contributed by atoms with Crippen LogP contribution >= 0.6 is 0 Å². The Bertz CT molecular complexity index is 948. The number of carbonyl (C=O) groups excluding carboxylic acids is 1. The summed E-state index contributed by atoms with van der Waals surface area (Å²) in [5.41, 5.74) is 8.37. The maximum atomic E-state index is 12.4. The van der Waals surface area contributed by atoms with Crippen molar-refractivity contribution in [1.29, 1.82) is 5.26 Å². The van der Waals surface area contributed by atoms with E-state index in [0.29, 0.717) is 23.4 Å². The molecule has 1 aromatic heterocycles. The summed E-state index contributed by atoms with van der Waals surface area (Å²) in [7, 11) is 0. The normalized spacial score (nSPS) is 10.0. The first-order valence-corrected chi connectivity index (χ1v) is 7.62. The van der Waals surface area contributed by atoms with E-state index in [0.717, 1.165) is 5.56 Å². The van der Waals surface area contributed by atoms with E-state index in [1.807, 2.05) is 36.4 Å². The zero-order valence-corrected chi connectivity index (χ0v) is 13.3. The molecule has 0 radical (unpaired) electrons. The van der Waals surface area contributed by atoms with E-state index in [-0.39, 0.29) is 17.4 Å². The van der Waals surface area contributed by atoms with Crippen LogP contribution in [-0.2, 0) is 6.54 Å². The molecule has 122 valence electrons. The van der Waals surface area contributed by atoms with E-state index in [9.17, 15) is 4.79 Å². The van der Waals surface area contributed by atoms with Gasteiger partial charge in [-0.25, -0.2) is 9.97 Å². The molecule has 3 N–H and O–H groups in total. The Hall–Kier alpha value is -3.72. The Labute approximate surface area is 145 Å². The van der Waals surface area contributed by atoms with Crippen molar-refractivity contribution in [2.45, 2.75) is 6.54 Å². The van der Waals surface area contributed by atoms with Gasteiger partial charge in [-0.05, 0) is 17.7 Å². The zero-order valence-electron chi connectivity index (χ0n) is 13.3. The minimum absolute atomic E-state index is 0.0661. The predicted molar refractivity (Wildman–Crippen MR) is 94.2 cm³/mol. The highest BCUT2D eigenvalue weighted by Crippen LogP contribution is 2.19. The molecule has 0 aliphatic carbocycles. The van der Waals surface area contributed by atoms with Gasteiger partial charge in [-0.3, -0.25) is 4.79 Å². The second-order valence-electron chi connectivity index (χ2n) is 5.35. The standard InChI is InChI=1S/C19H15N5O/c20-10-16-18(21)22-12-17(24-16)14-7-4-8-15(9-14)19(25)23-11-13-5-2-1-3-6-13/h1-9,12H,11H2,(H2,21,22)(H,23,25). The Balaban J connectivity index is 1.79. The molecule has 3 aromatic rings. The molecule has 0 bridgehead atoms. The molecule has 1 amide bonds. The number of nitrogens with one attached hydrogen (secondary N) is 1. The molecule has 25 heavy (non-hydrogen) atoms. The molecular formula is C19H15N5O. The van der Waals surface area contributed by atoms with Gasteiger partial charge in [0.1, 0.15) is 6.07 Å². The van der Waals surface area contributed by atoms with Crippen molar-refractivity contribution in [2.75, 3.05) is 5.73 Å². The maximum absolute atomic E-state index is 12.4. The fraction of sp³-hybridized carbons (Fsp3) is 0.0526. The summed E-state index contributed by atoms with van der Waals surface area (Å²) in [5.74, 6) is -0.0994. The number of amides is 1. The largest absolute Gasteiger partial charge is 0.381 e. The summed E-state index contributed by atoms with van der Waals surface area (Å²) in [6.07, 6.45) is 1.48. The molecule has 0 aliphatic heterocycles. The van der Waals surface area contributed by atoms with Crippen LogP contribution in [0.5, 0.6) is 0 Å². The number of anilines is 1. The number of benzene rings is 2. The van der Waals surface area contributed by atoms with Gasteiger partial charge in [-0.1, -0.05) is 42.5 Å². The van der Waals surface area contributed by atoms with Gasteiger partial charge in [0.15, 0.2) is 11.5 Å². The van der Waals surface area contributed by atoms with Gasteiger partial charge in [0.05, 0.1) is 11.9 Å². The highest BCUT2D eigenvalue weighted by Gasteiger charge is 2.10. The molecule has 0 unspecified atom stereocenters. The molecule has 0 spiro atoms. The summed E-state index contributed by atoms with van der Waals surface area (Å²) in [6, 6.07) is 18.6. The van der Waals surface area contributed by atoms with Crippen LogP contribution in [0.1, 0.15) is 21.6 Å². The first-order chi connectivity index (χ1) is 12.2. The summed E-state index contributed by atoms with van der Waals surface area (Å²) < 4.78 is 0. The van der Waals surface area contributed by atoms with Crippen molar-refractivity contribution in [2.24, 2.45) is 0 Å². The zero-order chi connectivity index (χ0) is 17.6. The van der Waals surface area contributed by atoms with Crippen molar-refractivity contribution in [1.82, 2.24) is 15.3 Å². The smallest absolute Gasteiger partial charge is 0.251 e. The molecule has 6 heteroatoms. The second-order valence-corrected chi connectivity index (χ2v) is 5.35. The van der Waals surface area contributed by atoms with Crippen molar-refractivity contribution in [3.05, 3.63) is 77.6 Å². The summed E-state index contributed by atoms with van der Waals surface area (Å²) in [4.78, 5) is 20.5. The van der Waals surface area contributed by atoms with Gasteiger partial charge < -0.3 is 11.1 Å². The van der Waals surface area contributed by atoms with Gasteiger partial charge >= 0.3 is 0 Å². The molecule has 0 fully saturated rings. The van der Waals surface area contributed by atoms with Gasteiger partial charge in [0.2, 0.25) is 0 Å². The van der Waals surface area contributed by atoms with Crippen LogP contribution in [0.25, 0.3) is 11.3 Å². The van der Waals surface area contributed by atoms with E-state index >= 15 is 0 Å². The Morgan fingerprint density at radius 2 is 1.96 bits per heavy atom. The van der Waals surface area contributed by atoms with Crippen LogP contribution in [0.15, 0.2) is 60.8 Å². The number of nitrogens with zero attached hydrogens (tertiary/aromatic N) is 3. The number of nitrogen functional groups attached to an aromatic ring is 1. The van der Waals surface area contributed by atoms with E-state index in [1.54, 1.807) is 24.3 Å². The first kappa shape index (κ1) is 16.1. The fourth-order valence-corrected chi connectivity index (χ4v) is 2.32. The first-order valence-electron chi connectivity index (χ1n) is 7.62. The number of hydrogen-bond acceptors (Lipinski definition) is 5. The highest BCUT2D eigenvalue weighted by molar-refractivity contribution is 5.95. The predicted octanol–water partition coefficient (Wildman–Crippen LogP) is 2.53. The molecule has 3 rings (SSSR count). The molecule has 6 nitrogen and oxygen atoms in total. The lowest BCUT2D eigenvalue weighted by molar-refractivity contribution is 0.0951. The second kappa shape index (κ2) is 7.23. The van der Waals surface area contributed by atoms with Crippen molar-refractivity contribution in [3.63, 3.8) is 0 Å². The van der Waals surface area contributed by atoms with Crippen LogP contribution in [0, 0.1) is 11.3 Å². The molecule has 1 heterocycles. The average molecular weight is 329 g/mol. The van der Waals surface area contributed by atoms with Gasteiger partial charge in [0.25, 0.3) is 5.91 Å². The molecule has 0 saturated carbocycles. The maximum Gasteiger partial charge on any atom is 0.251 e. The monoisotopic (exact) mass is 329 g/mol. The van der Waals surface area contributed by atoms with E-state index in [4.69, 9.17) is 11.0 Å². The highest BCUT2D eigenvalue weighted by atomic mass is 16.1. The van der Waals surface area contributed by atoms with E-state index in [2.05, 4.69) is 15.3 Å². The minimum Gasteiger partial charge on any atom is -0.381 e. The van der Waals surface area contributed by atoms with Crippen molar-refractivity contribution < 1.29 is 4.79 Å². The lowest BCUT2D eigenvalue weighted by atomic mass is 10.1. The van der Waals surface area contributed by atoms with E-state index < -0.39 is 0 Å². The fourth-order valence-electron chi connectivity index (χ4n) is 2.32. The summed E-state index contributed by atoms with van der Waals surface area (Å²) in [5, 5.41) is 11.9. The minimum atomic E-state index is -0.186. The SMILES string of the molecule is N#Cc1nc(-c2cccc(C(=O)NCc3ccccc3)c2)cnc1N. The summed E-state index contributed by atoms with van der Waals surface area (Å²) >= 11 is 0. The third kappa shape index (κ3) is 3.79. The number of rotatable bonds is 4. The molecule has 0 aliphatic rings. The van der Waals surface area contributed by atoms with Crippen molar-refractivity contribution in [3.8, 4) is 17.3 Å². The van der Waals surface area contributed by atoms with Gasteiger partial charge in [-0.15, -0.1) is 0 Å². The molecule has 2 aromatic carbocycles. The van der Waals surface area contributed by atoms with E-state index in [1.165, 1.54) is 6.20 Å². The number of nitrogens with two attached hydrogens (primary N) is 1. The number of carbonyl (C=O) groups is 1. The third-order valence-electron chi connectivity index (χ3n) is 3.62. The molecular weight excluding hydrogens is 314 g/mol. The average Bonchev–Trinajstić information content (AvgIpc) is 2.67. The lowest BCUT2D eigenvalue weighted by Crippen LogP contribution is -2.22. The number of nitriles is 1. The summed E-state index contributed by atoms with van der Waals surface area (Å²) in [6.45, 7) is 0.449. The quantitative estimate of drug-likeness (QED) is 0.765. The van der Waals surface area contributed by atoms with Crippen molar-refractivity contribution >= 4 is 11.7 Å². The van der Waals surface area contributed by atoms with Crippen LogP contribution in [-0.4, -0.2) is 15.9 Å². The Morgan fingerprint density at radius 1 is 1.16 bits per heavy atom. The van der Waals surface area contributed by atoms with Crippen LogP contribution in [0.3, 0.4) is 0 Å². The number of hydrogen-bond donors (Lipinski definition) is 2. The molecule has 0 atom stereocenters. The number of aromatic nitrogens is 2. The van der Waals surface area contributed by atoms with Gasteiger partial charge in [-0.2, -0.15) is 5.26 Å². The Morgan fingerprint density at radius 3 is 2.72 bits per heavy atom. The lowest BCUT2D eigenvalue weighted by Gasteiger charge is -2.07. The van der Waals surface area contributed by atoms with Crippen LogP contribution in [0.4, 0.5) is 5.82 Å². The van der Waals surface area contributed by atoms with Crippen LogP contribution in [0.2, 0.25) is 0 Å². The van der Waals surface area contributed by atoms with Crippen LogP contribution < -0.4 is 11.1 Å². The Kier molecular flexibility index (Phi) is 4.67. The topological polar surface area (TPSA) is 105 Å². The third-order valence-corrected chi connectivity index (χ3v) is 3.62. The molecule has 0 saturated heterocycles.